The van der Waals surface area contributed by atoms with Crippen molar-refractivity contribution in [1.82, 2.24) is 9.13 Å². The van der Waals surface area contributed by atoms with Crippen molar-refractivity contribution in [3.8, 4) is 11.4 Å². The zero-order valence-electron chi connectivity index (χ0n) is 32.4. The average Bonchev–Trinajstić information content (AvgIpc) is 3.96. The van der Waals surface area contributed by atoms with Crippen molar-refractivity contribution < 1.29 is 0 Å². The maximum Gasteiger partial charge on any atom is 0.0552 e. The number of nitrogens with zero attached hydrogens (tertiary/aromatic N) is 3. The fourth-order valence-corrected chi connectivity index (χ4v) is 9.50. The van der Waals surface area contributed by atoms with E-state index in [1.807, 2.05) is 0 Å². The molecule has 0 bridgehead atoms. The predicted molar refractivity (Wildman–Crippen MR) is 246 cm³/mol. The van der Waals surface area contributed by atoms with Gasteiger partial charge in [0, 0.05) is 54.5 Å². The molecule has 0 spiro atoms. The maximum absolute atomic E-state index is 3.81. The molecule has 276 valence electrons. The van der Waals surface area contributed by atoms with E-state index in [0.717, 1.165) is 32.9 Å². The van der Waals surface area contributed by atoms with Gasteiger partial charge in [0.15, 0.2) is 0 Å². The van der Waals surface area contributed by atoms with Crippen LogP contribution >= 0.6 is 15.9 Å². The Morgan fingerprint density at radius 1 is 0.474 bits per heavy atom. The van der Waals surface area contributed by atoms with Crippen LogP contribution in [0.1, 0.15) is 50.7 Å². The number of para-hydroxylation sites is 2. The number of benzene rings is 8. The molecule has 0 unspecified atom stereocenters. The van der Waals surface area contributed by atoms with Crippen LogP contribution in [-0.2, 0) is 5.41 Å². The third-order valence-corrected chi connectivity index (χ3v) is 12.6. The Morgan fingerprint density at radius 2 is 0.965 bits per heavy atom. The number of anilines is 3. The number of halogens is 1. The van der Waals surface area contributed by atoms with Crippen LogP contribution in [0.15, 0.2) is 174 Å². The predicted octanol–water partition coefficient (Wildman–Crippen LogP) is 15.4. The molecule has 10 aromatic rings. The molecule has 4 heteroatoms. The van der Waals surface area contributed by atoms with E-state index in [9.17, 15) is 0 Å². The minimum absolute atomic E-state index is 0.0664. The lowest BCUT2D eigenvalue weighted by atomic mass is 9.87. The first-order valence-electron chi connectivity index (χ1n) is 20.1. The van der Waals surface area contributed by atoms with Gasteiger partial charge in [-0.25, -0.2) is 0 Å². The Bertz CT molecular complexity index is 3100. The van der Waals surface area contributed by atoms with Gasteiger partial charge in [-0.1, -0.05) is 116 Å². The first-order valence-corrected chi connectivity index (χ1v) is 20.9. The van der Waals surface area contributed by atoms with E-state index in [-0.39, 0.29) is 5.41 Å². The molecule has 1 saturated carbocycles. The highest BCUT2D eigenvalue weighted by molar-refractivity contribution is 9.10. The van der Waals surface area contributed by atoms with Gasteiger partial charge >= 0.3 is 0 Å². The van der Waals surface area contributed by atoms with Gasteiger partial charge in [-0.3, -0.25) is 0 Å². The molecule has 2 heterocycles. The SMILES string of the molecule is CC(C)(C)c1ccc(N(c2ccc(-n3c4ccccc4c4ccccc43)cc2)c2ccc(-n3c4cc(Br)ccc4c4c5ccccc5c(C5CC5)cc43)cc2)cc1. The maximum atomic E-state index is 3.81. The molecule has 0 atom stereocenters. The van der Waals surface area contributed by atoms with Crippen LogP contribution in [0.2, 0.25) is 0 Å². The van der Waals surface area contributed by atoms with E-state index in [1.54, 1.807) is 0 Å². The molecular formula is C53H42BrN3. The van der Waals surface area contributed by atoms with Crippen molar-refractivity contribution in [3.63, 3.8) is 0 Å². The number of fused-ring (bicyclic) bond motifs is 8. The summed E-state index contributed by atoms with van der Waals surface area (Å²) in [5, 5.41) is 7.87. The van der Waals surface area contributed by atoms with Crippen molar-refractivity contribution in [2.45, 2.75) is 44.9 Å². The lowest BCUT2D eigenvalue weighted by molar-refractivity contribution is 0.590. The topological polar surface area (TPSA) is 13.1 Å². The van der Waals surface area contributed by atoms with E-state index >= 15 is 0 Å². The fraction of sp³-hybridized carbons (Fsp3) is 0.132. The summed E-state index contributed by atoms with van der Waals surface area (Å²) in [6.07, 6.45) is 2.53. The molecule has 0 aliphatic heterocycles. The Labute approximate surface area is 341 Å². The zero-order chi connectivity index (χ0) is 38.4. The van der Waals surface area contributed by atoms with Crippen LogP contribution in [0.25, 0.3) is 65.8 Å². The molecule has 57 heavy (non-hydrogen) atoms. The van der Waals surface area contributed by atoms with Gasteiger partial charge in [-0.15, -0.1) is 0 Å². The number of hydrogen-bond donors (Lipinski definition) is 0. The normalized spacial score (nSPS) is 13.4. The first-order chi connectivity index (χ1) is 27.8. The largest absolute Gasteiger partial charge is 0.311 e. The van der Waals surface area contributed by atoms with Gasteiger partial charge in [0.1, 0.15) is 0 Å². The molecule has 0 amide bonds. The molecule has 0 radical (unpaired) electrons. The van der Waals surface area contributed by atoms with E-state index in [4.69, 9.17) is 0 Å². The smallest absolute Gasteiger partial charge is 0.0552 e. The van der Waals surface area contributed by atoms with Gasteiger partial charge in [-0.2, -0.15) is 0 Å². The molecule has 2 aromatic heterocycles. The molecule has 1 aliphatic carbocycles. The number of aromatic nitrogens is 2. The third kappa shape index (κ3) is 5.61. The van der Waals surface area contributed by atoms with Gasteiger partial charge in [0.2, 0.25) is 0 Å². The van der Waals surface area contributed by atoms with Crippen LogP contribution in [0.3, 0.4) is 0 Å². The molecular weight excluding hydrogens is 759 g/mol. The van der Waals surface area contributed by atoms with Crippen LogP contribution in [-0.4, -0.2) is 9.13 Å². The van der Waals surface area contributed by atoms with Crippen LogP contribution < -0.4 is 4.90 Å². The summed E-state index contributed by atoms with van der Waals surface area (Å²) in [6.45, 7) is 6.82. The molecule has 1 aliphatic rings. The number of hydrogen-bond acceptors (Lipinski definition) is 1. The second-order valence-electron chi connectivity index (χ2n) is 16.7. The van der Waals surface area contributed by atoms with Crippen molar-refractivity contribution >= 4 is 87.4 Å². The highest BCUT2D eigenvalue weighted by Crippen LogP contribution is 2.48. The molecule has 8 aromatic carbocycles. The van der Waals surface area contributed by atoms with E-state index < -0.39 is 0 Å². The minimum atomic E-state index is 0.0664. The van der Waals surface area contributed by atoms with Crippen molar-refractivity contribution in [3.05, 3.63) is 185 Å². The van der Waals surface area contributed by atoms with Crippen LogP contribution in [0.4, 0.5) is 17.1 Å². The third-order valence-electron chi connectivity index (χ3n) is 12.1. The summed E-state index contributed by atoms with van der Waals surface area (Å²) in [6, 6.07) is 62.9. The summed E-state index contributed by atoms with van der Waals surface area (Å²) < 4.78 is 5.94. The molecule has 11 rings (SSSR count). The summed E-state index contributed by atoms with van der Waals surface area (Å²) in [7, 11) is 0. The summed E-state index contributed by atoms with van der Waals surface area (Å²) >= 11 is 3.81. The minimum Gasteiger partial charge on any atom is -0.311 e. The average molecular weight is 801 g/mol. The Morgan fingerprint density at radius 3 is 1.51 bits per heavy atom. The lowest BCUT2D eigenvalue weighted by Crippen LogP contribution is -2.13. The van der Waals surface area contributed by atoms with Gasteiger partial charge in [-0.05, 0) is 137 Å². The molecule has 0 saturated heterocycles. The lowest BCUT2D eigenvalue weighted by Gasteiger charge is -2.27. The molecule has 0 N–H and O–H groups in total. The van der Waals surface area contributed by atoms with Crippen LogP contribution in [0, 0.1) is 0 Å². The highest BCUT2D eigenvalue weighted by Gasteiger charge is 2.28. The van der Waals surface area contributed by atoms with Crippen molar-refractivity contribution in [1.29, 1.82) is 0 Å². The second-order valence-corrected chi connectivity index (χ2v) is 17.6. The van der Waals surface area contributed by atoms with Crippen molar-refractivity contribution in [2.24, 2.45) is 0 Å². The van der Waals surface area contributed by atoms with Gasteiger partial charge < -0.3 is 14.0 Å². The molecule has 1 fully saturated rings. The van der Waals surface area contributed by atoms with Crippen LogP contribution in [0.5, 0.6) is 0 Å². The van der Waals surface area contributed by atoms with E-state index in [0.29, 0.717) is 5.92 Å². The summed E-state index contributed by atoms with van der Waals surface area (Å²) in [5.41, 5.74) is 13.4. The Balaban J connectivity index is 1.06. The Hall–Kier alpha value is -6.10. The monoisotopic (exact) mass is 799 g/mol. The second kappa shape index (κ2) is 13.0. The van der Waals surface area contributed by atoms with Gasteiger partial charge in [0.05, 0.1) is 22.1 Å². The number of rotatable bonds is 6. The standard InChI is InChI=1S/C53H42BrN3/c1-53(2,3)35-18-21-37(22-19-35)55(38-23-27-40(28-24-38)56-48-14-8-6-11-43(48)44-12-7-9-15-49(44)56)39-25-29-41(30-26-39)57-50-32-36(54)20-31-46(50)52-45-13-5-4-10-42(45)47(33-51(52)57)34-16-17-34/h4-15,18-34H,16-17H2,1-3H3. The summed E-state index contributed by atoms with van der Waals surface area (Å²) in [5.74, 6) is 0.638. The Kier molecular flexibility index (Phi) is 7.78. The highest BCUT2D eigenvalue weighted by atomic mass is 79.9. The fourth-order valence-electron chi connectivity index (χ4n) is 9.15. The van der Waals surface area contributed by atoms with E-state index in [2.05, 4.69) is 221 Å². The van der Waals surface area contributed by atoms with Gasteiger partial charge in [0.25, 0.3) is 0 Å². The quantitative estimate of drug-likeness (QED) is 0.163. The first kappa shape index (κ1) is 34.2. The summed E-state index contributed by atoms with van der Waals surface area (Å²) in [4.78, 5) is 2.38. The zero-order valence-corrected chi connectivity index (χ0v) is 34.0. The molecule has 3 nitrogen and oxygen atoms in total. The van der Waals surface area contributed by atoms with E-state index in [1.165, 1.54) is 78.4 Å². The van der Waals surface area contributed by atoms with Crippen molar-refractivity contribution in [2.75, 3.05) is 4.90 Å².